The van der Waals surface area contributed by atoms with Crippen LogP contribution in [-0.2, 0) is 9.53 Å². The predicted molar refractivity (Wildman–Crippen MR) is 43.5 cm³/mol. The van der Waals surface area contributed by atoms with Crippen molar-refractivity contribution in [1.82, 2.24) is 0 Å². The van der Waals surface area contributed by atoms with Crippen LogP contribution in [-0.4, -0.2) is 18.5 Å². The first-order valence-electron chi connectivity index (χ1n) is 4.51. The lowest BCUT2D eigenvalue weighted by molar-refractivity contribution is -0.199. The molecule has 0 aromatic carbocycles. The Bertz CT molecular complexity index is 206. The van der Waals surface area contributed by atoms with E-state index >= 15 is 0 Å². The molecule has 0 amide bonds. The van der Waals surface area contributed by atoms with Crippen LogP contribution in [0.2, 0.25) is 0 Å². The van der Waals surface area contributed by atoms with Crippen LogP contribution in [0.4, 0.5) is 8.78 Å². The first kappa shape index (κ1) is 10.4. The van der Waals surface area contributed by atoms with E-state index in [1.54, 1.807) is 13.8 Å². The Kier molecular flexibility index (Phi) is 2.59. The third-order valence-corrected chi connectivity index (χ3v) is 2.58. The molecular weight excluding hydrogens is 178 g/mol. The summed E-state index contributed by atoms with van der Waals surface area (Å²) in [6.07, 6.45) is -0.272. The monoisotopic (exact) mass is 192 g/mol. The fourth-order valence-electron chi connectivity index (χ4n) is 1.76. The average Bonchev–Trinajstić information content (AvgIpc) is 1.99. The first-order chi connectivity index (χ1) is 5.96. The zero-order valence-corrected chi connectivity index (χ0v) is 7.90. The molecule has 1 aliphatic carbocycles. The molecule has 4 heteroatoms. The number of carbonyl (C=O) groups excluding carboxylic acids is 1. The van der Waals surface area contributed by atoms with Gasteiger partial charge in [-0.2, -0.15) is 0 Å². The Morgan fingerprint density at radius 3 is 2.23 bits per heavy atom. The van der Waals surface area contributed by atoms with Crippen LogP contribution < -0.4 is 0 Å². The van der Waals surface area contributed by atoms with E-state index in [0.29, 0.717) is 6.42 Å². The van der Waals surface area contributed by atoms with Gasteiger partial charge in [-0.05, 0) is 13.3 Å². The second kappa shape index (κ2) is 3.24. The lowest BCUT2D eigenvalue weighted by Crippen LogP contribution is -2.51. The zero-order valence-electron chi connectivity index (χ0n) is 7.90. The molecule has 1 saturated carbocycles. The minimum atomic E-state index is -2.66. The maximum absolute atomic E-state index is 12.6. The molecule has 0 saturated heterocycles. The molecule has 1 fully saturated rings. The standard InChI is InChI=1S/C9H14F2O2/c1-3-8(7(12)13-4-2)5-9(10,11)6-8/h3-6H2,1-2H3. The van der Waals surface area contributed by atoms with E-state index in [9.17, 15) is 13.6 Å². The number of halogens is 2. The summed E-state index contributed by atoms with van der Waals surface area (Å²) in [6, 6.07) is 0. The van der Waals surface area contributed by atoms with Crippen molar-refractivity contribution in [3.63, 3.8) is 0 Å². The summed E-state index contributed by atoms with van der Waals surface area (Å²) in [4.78, 5) is 11.3. The second-order valence-corrected chi connectivity index (χ2v) is 3.56. The third kappa shape index (κ3) is 1.81. The summed E-state index contributed by atoms with van der Waals surface area (Å²) < 4.78 is 30.0. The van der Waals surface area contributed by atoms with Gasteiger partial charge < -0.3 is 4.74 Å². The number of rotatable bonds is 3. The molecule has 0 heterocycles. The van der Waals surface area contributed by atoms with Crippen molar-refractivity contribution < 1.29 is 18.3 Å². The Hall–Kier alpha value is -0.670. The van der Waals surface area contributed by atoms with Gasteiger partial charge in [0.15, 0.2) is 0 Å². The average molecular weight is 192 g/mol. The van der Waals surface area contributed by atoms with Gasteiger partial charge in [0.2, 0.25) is 5.92 Å². The SMILES string of the molecule is CCOC(=O)C1(CC)CC(F)(F)C1. The molecule has 0 aliphatic heterocycles. The van der Waals surface area contributed by atoms with Gasteiger partial charge in [-0.15, -0.1) is 0 Å². The molecule has 0 bridgehead atoms. The quantitative estimate of drug-likeness (QED) is 0.642. The summed E-state index contributed by atoms with van der Waals surface area (Å²) in [6.45, 7) is 3.68. The fourth-order valence-corrected chi connectivity index (χ4v) is 1.76. The molecule has 0 aromatic rings. The minimum Gasteiger partial charge on any atom is -0.466 e. The van der Waals surface area contributed by atoms with Crippen molar-refractivity contribution >= 4 is 5.97 Å². The molecule has 1 aliphatic rings. The number of alkyl halides is 2. The molecule has 76 valence electrons. The van der Waals surface area contributed by atoms with Gasteiger partial charge in [-0.1, -0.05) is 6.92 Å². The van der Waals surface area contributed by atoms with Crippen molar-refractivity contribution in [2.75, 3.05) is 6.61 Å². The topological polar surface area (TPSA) is 26.3 Å². The molecular formula is C9H14F2O2. The zero-order chi connectivity index (χ0) is 10.1. The fraction of sp³-hybridized carbons (Fsp3) is 0.889. The maximum Gasteiger partial charge on any atom is 0.312 e. The molecule has 13 heavy (non-hydrogen) atoms. The van der Waals surface area contributed by atoms with Gasteiger partial charge in [0.1, 0.15) is 0 Å². The number of hydrogen-bond acceptors (Lipinski definition) is 2. The Morgan fingerprint density at radius 1 is 1.38 bits per heavy atom. The highest BCUT2D eigenvalue weighted by molar-refractivity contribution is 5.78. The summed E-state index contributed by atoms with van der Waals surface area (Å²) in [7, 11) is 0. The van der Waals surface area contributed by atoms with Crippen molar-refractivity contribution in [2.24, 2.45) is 5.41 Å². The molecule has 0 spiro atoms. The molecule has 0 unspecified atom stereocenters. The molecule has 0 atom stereocenters. The van der Waals surface area contributed by atoms with E-state index in [-0.39, 0.29) is 19.4 Å². The van der Waals surface area contributed by atoms with E-state index in [4.69, 9.17) is 4.74 Å². The van der Waals surface area contributed by atoms with Crippen molar-refractivity contribution in [3.8, 4) is 0 Å². The predicted octanol–water partition coefficient (Wildman–Crippen LogP) is 2.38. The lowest BCUT2D eigenvalue weighted by Gasteiger charge is -2.44. The number of ether oxygens (including phenoxy) is 1. The molecule has 1 rings (SSSR count). The number of hydrogen-bond donors (Lipinski definition) is 0. The highest BCUT2D eigenvalue weighted by Crippen LogP contribution is 2.54. The van der Waals surface area contributed by atoms with Crippen molar-refractivity contribution in [1.29, 1.82) is 0 Å². The first-order valence-corrected chi connectivity index (χ1v) is 4.51. The summed E-state index contributed by atoms with van der Waals surface area (Å²) >= 11 is 0. The maximum atomic E-state index is 12.6. The van der Waals surface area contributed by atoms with Gasteiger partial charge in [0.05, 0.1) is 12.0 Å². The normalized spacial score (nSPS) is 23.4. The molecule has 0 radical (unpaired) electrons. The highest BCUT2D eigenvalue weighted by Gasteiger charge is 2.60. The molecule has 0 aromatic heterocycles. The Morgan fingerprint density at radius 2 is 1.92 bits per heavy atom. The van der Waals surface area contributed by atoms with Gasteiger partial charge in [-0.3, -0.25) is 4.79 Å². The van der Waals surface area contributed by atoms with Gasteiger partial charge in [0, 0.05) is 12.8 Å². The van der Waals surface area contributed by atoms with E-state index in [2.05, 4.69) is 0 Å². The Balaban J connectivity index is 2.59. The van der Waals surface area contributed by atoms with Gasteiger partial charge in [-0.25, -0.2) is 8.78 Å². The highest BCUT2D eigenvalue weighted by atomic mass is 19.3. The number of esters is 1. The van der Waals surface area contributed by atoms with Crippen LogP contribution in [0.5, 0.6) is 0 Å². The second-order valence-electron chi connectivity index (χ2n) is 3.56. The van der Waals surface area contributed by atoms with Gasteiger partial charge >= 0.3 is 5.97 Å². The minimum absolute atomic E-state index is 0.256. The third-order valence-electron chi connectivity index (χ3n) is 2.58. The van der Waals surface area contributed by atoms with Crippen LogP contribution in [0.25, 0.3) is 0 Å². The Labute approximate surface area is 76.3 Å². The summed E-state index contributed by atoms with van der Waals surface area (Å²) in [5, 5.41) is 0. The number of carbonyl (C=O) groups is 1. The van der Waals surface area contributed by atoms with E-state index in [0.717, 1.165) is 0 Å². The van der Waals surface area contributed by atoms with Crippen molar-refractivity contribution in [2.45, 2.75) is 39.0 Å². The lowest BCUT2D eigenvalue weighted by atomic mass is 9.64. The van der Waals surface area contributed by atoms with Crippen LogP contribution in [0.1, 0.15) is 33.1 Å². The van der Waals surface area contributed by atoms with E-state index in [1.807, 2.05) is 0 Å². The van der Waals surface area contributed by atoms with E-state index < -0.39 is 17.3 Å². The molecule has 0 N–H and O–H groups in total. The largest absolute Gasteiger partial charge is 0.466 e. The molecule has 2 nitrogen and oxygen atoms in total. The summed E-state index contributed by atoms with van der Waals surface area (Å²) in [5.41, 5.74) is -0.903. The van der Waals surface area contributed by atoms with Crippen molar-refractivity contribution in [3.05, 3.63) is 0 Å². The van der Waals surface area contributed by atoms with Crippen LogP contribution in [0.15, 0.2) is 0 Å². The van der Waals surface area contributed by atoms with E-state index in [1.165, 1.54) is 0 Å². The van der Waals surface area contributed by atoms with Crippen LogP contribution >= 0.6 is 0 Å². The van der Waals surface area contributed by atoms with Gasteiger partial charge in [0.25, 0.3) is 0 Å². The smallest absolute Gasteiger partial charge is 0.312 e. The summed E-state index contributed by atoms with van der Waals surface area (Å²) in [5.74, 6) is -3.13. The van der Waals surface area contributed by atoms with Crippen LogP contribution in [0.3, 0.4) is 0 Å². The van der Waals surface area contributed by atoms with Crippen LogP contribution in [0, 0.1) is 5.41 Å².